The Morgan fingerprint density at radius 2 is 1.69 bits per heavy atom. The van der Waals surface area contributed by atoms with Crippen LogP contribution in [0, 0.1) is 5.92 Å². The SMILES string of the molecule is C[C@@]12CN(C(=O)CN3CCCC(c4ccccc4)(c4ccccc4)C3=O)C[C@@H]1CCCN2. The third kappa shape index (κ3) is 3.53. The summed E-state index contributed by atoms with van der Waals surface area (Å²) in [5.41, 5.74) is 1.31. The van der Waals surface area contributed by atoms with E-state index in [4.69, 9.17) is 0 Å². The molecule has 2 atom stereocenters. The number of hydrogen-bond acceptors (Lipinski definition) is 3. The Morgan fingerprint density at radius 3 is 2.31 bits per heavy atom. The molecule has 32 heavy (non-hydrogen) atoms. The molecule has 2 amide bonds. The Kier molecular flexibility index (Phi) is 5.54. The first-order valence-electron chi connectivity index (χ1n) is 12.0. The van der Waals surface area contributed by atoms with Gasteiger partial charge in [-0.2, -0.15) is 0 Å². The van der Waals surface area contributed by atoms with Crippen molar-refractivity contribution in [1.29, 1.82) is 0 Å². The number of fused-ring (bicyclic) bond motifs is 1. The van der Waals surface area contributed by atoms with Gasteiger partial charge in [0.15, 0.2) is 0 Å². The number of benzene rings is 2. The second-order valence-corrected chi connectivity index (χ2v) is 9.93. The van der Waals surface area contributed by atoms with Crippen LogP contribution in [0.4, 0.5) is 0 Å². The van der Waals surface area contributed by atoms with Crippen molar-refractivity contribution in [2.75, 3.05) is 32.7 Å². The van der Waals surface area contributed by atoms with Crippen LogP contribution in [0.2, 0.25) is 0 Å². The van der Waals surface area contributed by atoms with Crippen LogP contribution in [0.3, 0.4) is 0 Å². The van der Waals surface area contributed by atoms with E-state index in [2.05, 4.69) is 12.2 Å². The highest BCUT2D eigenvalue weighted by Crippen LogP contribution is 2.41. The van der Waals surface area contributed by atoms with Crippen LogP contribution >= 0.6 is 0 Å². The largest absolute Gasteiger partial charge is 0.339 e. The molecule has 0 aromatic heterocycles. The Labute approximate surface area is 190 Å². The van der Waals surface area contributed by atoms with Crippen LogP contribution in [0.25, 0.3) is 0 Å². The van der Waals surface area contributed by atoms with Gasteiger partial charge in [-0.25, -0.2) is 0 Å². The molecule has 3 aliphatic rings. The van der Waals surface area contributed by atoms with Gasteiger partial charge in [-0.15, -0.1) is 0 Å². The molecule has 168 valence electrons. The van der Waals surface area contributed by atoms with Gasteiger partial charge in [0.05, 0.1) is 12.0 Å². The minimum atomic E-state index is -0.729. The number of hydrogen-bond donors (Lipinski definition) is 1. The van der Waals surface area contributed by atoms with Gasteiger partial charge in [-0.1, -0.05) is 60.7 Å². The molecule has 0 saturated carbocycles. The molecule has 2 aromatic rings. The molecule has 5 nitrogen and oxygen atoms in total. The van der Waals surface area contributed by atoms with Gasteiger partial charge in [-0.05, 0) is 56.2 Å². The average Bonchev–Trinajstić information content (AvgIpc) is 3.19. The maximum absolute atomic E-state index is 14.1. The number of carbonyl (C=O) groups is 2. The second kappa shape index (κ2) is 8.36. The second-order valence-electron chi connectivity index (χ2n) is 9.93. The fourth-order valence-corrected chi connectivity index (χ4v) is 6.16. The van der Waals surface area contributed by atoms with Crippen molar-refractivity contribution < 1.29 is 9.59 Å². The van der Waals surface area contributed by atoms with Crippen molar-refractivity contribution in [2.24, 2.45) is 5.92 Å². The van der Waals surface area contributed by atoms with Crippen molar-refractivity contribution in [3.63, 3.8) is 0 Å². The Bertz CT molecular complexity index is 937. The van der Waals surface area contributed by atoms with Crippen LogP contribution in [-0.2, 0) is 15.0 Å². The number of rotatable bonds is 4. The molecular weight excluding hydrogens is 398 g/mol. The average molecular weight is 432 g/mol. The molecule has 0 bridgehead atoms. The van der Waals surface area contributed by atoms with Crippen molar-refractivity contribution in [3.8, 4) is 0 Å². The van der Waals surface area contributed by atoms with Gasteiger partial charge in [-0.3, -0.25) is 9.59 Å². The summed E-state index contributed by atoms with van der Waals surface area (Å²) < 4.78 is 0. The molecule has 3 heterocycles. The van der Waals surface area contributed by atoms with Crippen LogP contribution in [0.15, 0.2) is 60.7 Å². The first kappa shape index (κ1) is 21.2. The maximum atomic E-state index is 14.1. The summed E-state index contributed by atoms with van der Waals surface area (Å²) in [6, 6.07) is 20.2. The van der Waals surface area contributed by atoms with Gasteiger partial charge in [0.25, 0.3) is 0 Å². The zero-order valence-electron chi connectivity index (χ0n) is 18.9. The molecular formula is C27H33N3O2. The lowest BCUT2D eigenvalue weighted by atomic mass is 9.68. The lowest BCUT2D eigenvalue weighted by Gasteiger charge is -2.42. The molecule has 3 aliphatic heterocycles. The van der Waals surface area contributed by atoms with E-state index in [9.17, 15) is 9.59 Å². The van der Waals surface area contributed by atoms with Crippen molar-refractivity contribution in [3.05, 3.63) is 71.8 Å². The molecule has 3 fully saturated rings. The quantitative estimate of drug-likeness (QED) is 0.809. The maximum Gasteiger partial charge on any atom is 0.242 e. The molecule has 0 unspecified atom stereocenters. The minimum Gasteiger partial charge on any atom is -0.339 e. The summed E-state index contributed by atoms with van der Waals surface area (Å²) in [5.74, 6) is 0.633. The summed E-state index contributed by atoms with van der Waals surface area (Å²) in [6.45, 7) is 5.61. The summed E-state index contributed by atoms with van der Waals surface area (Å²) in [5, 5.41) is 3.64. The summed E-state index contributed by atoms with van der Waals surface area (Å²) in [7, 11) is 0. The molecule has 2 aromatic carbocycles. The van der Waals surface area contributed by atoms with Gasteiger partial charge < -0.3 is 15.1 Å². The van der Waals surface area contributed by atoms with E-state index >= 15 is 0 Å². The molecule has 3 saturated heterocycles. The third-order valence-electron chi connectivity index (χ3n) is 7.96. The fraction of sp³-hybridized carbons (Fsp3) is 0.481. The molecule has 1 N–H and O–H groups in total. The number of amides is 2. The first-order chi connectivity index (χ1) is 15.5. The van der Waals surface area contributed by atoms with E-state index in [0.29, 0.717) is 12.5 Å². The molecule has 0 spiro atoms. The Morgan fingerprint density at radius 1 is 1.03 bits per heavy atom. The molecule has 0 radical (unpaired) electrons. The highest BCUT2D eigenvalue weighted by molar-refractivity contribution is 5.95. The van der Waals surface area contributed by atoms with Crippen molar-refractivity contribution in [2.45, 2.75) is 43.6 Å². The monoisotopic (exact) mass is 431 g/mol. The highest BCUT2D eigenvalue weighted by atomic mass is 16.2. The third-order valence-corrected chi connectivity index (χ3v) is 7.96. The predicted octanol–water partition coefficient (Wildman–Crippen LogP) is 3.20. The zero-order valence-corrected chi connectivity index (χ0v) is 18.9. The van der Waals surface area contributed by atoms with E-state index in [1.807, 2.05) is 70.5 Å². The zero-order chi connectivity index (χ0) is 22.2. The van der Waals surface area contributed by atoms with Crippen molar-refractivity contribution in [1.82, 2.24) is 15.1 Å². The number of carbonyl (C=O) groups excluding carboxylic acids is 2. The smallest absolute Gasteiger partial charge is 0.242 e. The number of piperidine rings is 2. The van der Waals surface area contributed by atoms with Gasteiger partial charge in [0.1, 0.15) is 0 Å². The van der Waals surface area contributed by atoms with Crippen LogP contribution in [-0.4, -0.2) is 59.9 Å². The number of nitrogens with one attached hydrogen (secondary N) is 1. The lowest BCUT2D eigenvalue weighted by Crippen LogP contribution is -2.55. The molecule has 5 rings (SSSR count). The fourth-order valence-electron chi connectivity index (χ4n) is 6.16. The van der Waals surface area contributed by atoms with Crippen LogP contribution in [0.5, 0.6) is 0 Å². The Balaban J connectivity index is 1.40. The predicted molar refractivity (Wildman–Crippen MR) is 125 cm³/mol. The number of nitrogens with zero attached hydrogens (tertiary/aromatic N) is 2. The lowest BCUT2D eigenvalue weighted by molar-refractivity contribution is -0.145. The highest BCUT2D eigenvalue weighted by Gasteiger charge is 2.49. The molecule has 5 heteroatoms. The van der Waals surface area contributed by atoms with E-state index < -0.39 is 5.41 Å². The molecule has 0 aliphatic carbocycles. The van der Waals surface area contributed by atoms with E-state index in [0.717, 1.165) is 43.6 Å². The summed E-state index contributed by atoms with van der Waals surface area (Å²) in [4.78, 5) is 31.2. The number of likely N-dealkylation sites (tertiary alicyclic amines) is 2. The Hall–Kier alpha value is -2.66. The van der Waals surface area contributed by atoms with Gasteiger partial charge in [0.2, 0.25) is 11.8 Å². The summed E-state index contributed by atoms with van der Waals surface area (Å²) >= 11 is 0. The van der Waals surface area contributed by atoms with E-state index in [-0.39, 0.29) is 23.9 Å². The van der Waals surface area contributed by atoms with Crippen molar-refractivity contribution >= 4 is 11.8 Å². The minimum absolute atomic E-state index is 0.0116. The van der Waals surface area contributed by atoms with Crippen LogP contribution in [0.1, 0.15) is 43.7 Å². The van der Waals surface area contributed by atoms with Gasteiger partial charge >= 0.3 is 0 Å². The topological polar surface area (TPSA) is 52.7 Å². The van der Waals surface area contributed by atoms with Gasteiger partial charge in [0, 0.05) is 25.2 Å². The normalized spacial score (nSPS) is 27.3. The van der Waals surface area contributed by atoms with E-state index in [1.165, 1.54) is 12.8 Å². The van der Waals surface area contributed by atoms with Crippen LogP contribution < -0.4 is 5.32 Å². The summed E-state index contributed by atoms with van der Waals surface area (Å²) in [6.07, 6.45) is 3.98. The first-order valence-corrected chi connectivity index (χ1v) is 12.0. The standard InChI is InChI=1S/C27H33N3O2/c1-26-20-30(18-23(26)14-8-16-28-26)24(31)19-29-17-9-15-27(25(29)32,21-10-4-2-5-11-21)22-12-6-3-7-13-22/h2-7,10-13,23,28H,8-9,14-20H2,1H3/t23-,26+/m0/s1. The van der Waals surface area contributed by atoms with E-state index in [1.54, 1.807) is 0 Å².